The summed E-state index contributed by atoms with van der Waals surface area (Å²) in [5, 5.41) is 23.3. The Morgan fingerprint density at radius 2 is 0.676 bits per heavy atom. The second kappa shape index (κ2) is 60.9. The van der Waals surface area contributed by atoms with E-state index in [4.69, 9.17) is 4.74 Å². The summed E-state index contributed by atoms with van der Waals surface area (Å²) >= 11 is 0. The van der Waals surface area contributed by atoms with Crippen LogP contribution in [0.2, 0.25) is 0 Å². The van der Waals surface area contributed by atoms with Crippen LogP contribution in [-0.4, -0.2) is 47.4 Å². The molecule has 0 saturated heterocycles. The number of hydrogen-bond donors (Lipinski definition) is 3. The Morgan fingerprint density at radius 1 is 0.380 bits per heavy atom. The Labute approximate surface area is 443 Å². The molecule has 0 rings (SSSR count). The van der Waals surface area contributed by atoms with Crippen LogP contribution in [-0.2, 0) is 14.3 Å². The largest absolute Gasteiger partial charge is 0.466 e. The molecule has 0 bridgehead atoms. The van der Waals surface area contributed by atoms with Crippen LogP contribution >= 0.6 is 0 Å². The molecule has 0 aliphatic carbocycles. The molecule has 6 heteroatoms. The molecule has 3 N–H and O–H groups in total. The monoisotopic (exact) mass is 1000 g/mol. The first-order valence-electron chi connectivity index (χ1n) is 32.1. The van der Waals surface area contributed by atoms with E-state index in [1.807, 2.05) is 0 Å². The highest BCUT2D eigenvalue weighted by atomic mass is 16.5. The van der Waals surface area contributed by atoms with E-state index in [1.54, 1.807) is 0 Å². The Morgan fingerprint density at radius 3 is 1.04 bits per heavy atom. The SMILES string of the molecule is CCCC/C=C\CCCCCCCC(=O)OCCCCCCCCCCCCCC/C=C\CCCCCCCCCCCCCCCC(=O)NC(CO)C(O)CCCCCCCCCCCCCCCC. The van der Waals surface area contributed by atoms with Gasteiger partial charge in [0.05, 0.1) is 25.4 Å². The van der Waals surface area contributed by atoms with Gasteiger partial charge < -0.3 is 20.3 Å². The molecular weight excluding hydrogens is 875 g/mol. The van der Waals surface area contributed by atoms with Crippen molar-refractivity contribution in [3.63, 3.8) is 0 Å². The van der Waals surface area contributed by atoms with Gasteiger partial charge in [0.1, 0.15) is 0 Å². The quantitative estimate of drug-likeness (QED) is 0.0320. The zero-order valence-corrected chi connectivity index (χ0v) is 48.0. The first kappa shape index (κ1) is 69.3. The average Bonchev–Trinajstić information content (AvgIpc) is 3.37. The van der Waals surface area contributed by atoms with Gasteiger partial charge in [0, 0.05) is 12.8 Å². The van der Waals surface area contributed by atoms with Crippen molar-refractivity contribution in [3.8, 4) is 0 Å². The molecule has 0 aliphatic rings. The lowest BCUT2D eigenvalue weighted by Crippen LogP contribution is -2.45. The molecule has 71 heavy (non-hydrogen) atoms. The van der Waals surface area contributed by atoms with Crippen LogP contribution in [0, 0.1) is 0 Å². The lowest BCUT2D eigenvalue weighted by molar-refractivity contribution is -0.143. The van der Waals surface area contributed by atoms with Gasteiger partial charge in [-0.25, -0.2) is 0 Å². The minimum Gasteiger partial charge on any atom is -0.466 e. The van der Waals surface area contributed by atoms with Crippen molar-refractivity contribution < 1.29 is 24.5 Å². The Bertz CT molecular complexity index is 1110. The highest BCUT2D eigenvalue weighted by molar-refractivity contribution is 5.76. The van der Waals surface area contributed by atoms with Gasteiger partial charge >= 0.3 is 5.97 Å². The van der Waals surface area contributed by atoms with Crippen molar-refractivity contribution in [2.75, 3.05) is 13.2 Å². The van der Waals surface area contributed by atoms with Crippen molar-refractivity contribution in [3.05, 3.63) is 24.3 Å². The predicted octanol–water partition coefficient (Wildman–Crippen LogP) is 20.2. The zero-order chi connectivity index (χ0) is 51.4. The number of amides is 1. The van der Waals surface area contributed by atoms with Crippen molar-refractivity contribution in [1.29, 1.82) is 0 Å². The molecule has 0 aliphatic heterocycles. The van der Waals surface area contributed by atoms with Gasteiger partial charge in [0.15, 0.2) is 0 Å². The third-order valence-corrected chi connectivity index (χ3v) is 15.0. The molecule has 2 unspecified atom stereocenters. The molecule has 6 nitrogen and oxygen atoms in total. The second-order valence-corrected chi connectivity index (χ2v) is 22.1. The summed E-state index contributed by atoms with van der Waals surface area (Å²) in [5.41, 5.74) is 0. The number of ether oxygens (including phenoxy) is 1. The van der Waals surface area contributed by atoms with Crippen LogP contribution in [0.15, 0.2) is 24.3 Å². The third kappa shape index (κ3) is 57.5. The van der Waals surface area contributed by atoms with Gasteiger partial charge in [-0.3, -0.25) is 9.59 Å². The number of rotatable bonds is 60. The van der Waals surface area contributed by atoms with Crippen molar-refractivity contribution >= 4 is 11.9 Å². The van der Waals surface area contributed by atoms with Gasteiger partial charge in [-0.15, -0.1) is 0 Å². The second-order valence-electron chi connectivity index (χ2n) is 22.1. The molecule has 0 saturated carbocycles. The van der Waals surface area contributed by atoms with E-state index < -0.39 is 12.1 Å². The maximum atomic E-state index is 12.5. The number of aliphatic hydroxyl groups is 2. The predicted molar refractivity (Wildman–Crippen MR) is 310 cm³/mol. The van der Waals surface area contributed by atoms with Crippen molar-refractivity contribution in [2.24, 2.45) is 0 Å². The third-order valence-electron chi connectivity index (χ3n) is 15.0. The highest BCUT2D eigenvalue weighted by Gasteiger charge is 2.20. The van der Waals surface area contributed by atoms with E-state index in [0.717, 1.165) is 44.9 Å². The summed E-state index contributed by atoms with van der Waals surface area (Å²) in [4.78, 5) is 24.5. The fraction of sp³-hybridized carbons (Fsp3) is 0.908. The van der Waals surface area contributed by atoms with Gasteiger partial charge in [0.25, 0.3) is 0 Å². The number of aliphatic hydroxyl groups excluding tert-OH is 2. The number of nitrogens with one attached hydrogen (secondary N) is 1. The number of carbonyl (C=O) groups is 2. The Kier molecular flexibility index (Phi) is 59.5. The standard InChI is InChI=1S/C65H125NO5/c1-3-5-7-9-11-13-15-16-34-38-41-45-49-53-57-63(68)62(61-67)66-64(69)58-54-50-46-42-39-35-32-30-28-26-24-22-20-18-17-19-21-23-25-27-29-31-33-36-40-44-48-52-56-60-71-65(70)59-55-51-47-43-37-14-12-10-8-6-4-2/h10,12,17,19,62-63,67-68H,3-9,11,13-16,18,20-61H2,1-2H3,(H,66,69)/b12-10-,19-17-. The average molecular weight is 1000 g/mol. The molecule has 2 atom stereocenters. The Hall–Kier alpha value is -1.66. The summed E-state index contributed by atoms with van der Waals surface area (Å²) in [6.07, 6.45) is 74.9. The normalized spacial score (nSPS) is 12.7. The molecule has 0 radical (unpaired) electrons. The van der Waals surface area contributed by atoms with Gasteiger partial charge in [-0.1, -0.05) is 295 Å². The van der Waals surface area contributed by atoms with Gasteiger partial charge in [-0.05, 0) is 70.6 Å². The van der Waals surface area contributed by atoms with Crippen LogP contribution in [0.1, 0.15) is 354 Å². The summed E-state index contributed by atoms with van der Waals surface area (Å²) in [5.74, 6) is -0.0267. The zero-order valence-electron chi connectivity index (χ0n) is 48.0. The fourth-order valence-electron chi connectivity index (χ4n) is 10.0. The maximum Gasteiger partial charge on any atom is 0.305 e. The van der Waals surface area contributed by atoms with Crippen LogP contribution in [0.4, 0.5) is 0 Å². The highest BCUT2D eigenvalue weighted by Crippen LogP contribution is 2.18. The summed E-state index contributed by atoms with van der Waals surface area (Å²) in [6, 6.07) is -0.540. The fourth-order valence-corrected chi connectivity index (χ4v) is 10.0. The lowest BCUT2D eigenvalue weighted by Gasteiger charge is -2.22. The molecule has 0 aromatic heterocycles. The molecule has 0 aromatic rings. The van der Waals surface area contributed by atoms with Crippen molar-refractivity contribution in [1.82, 2.24) is 5.32 Å². The number of carbonyl (C=O) groups excluding carboxylic acids is 2. The van der Waals surface area contributed by atoms with E-state index in [-0.39, 0.29) is 18.5 Å². The number of esters is 1. The van der Waals surface area contributed by atoms with Crippen LogP contribution in [0.25, 0.3) is 0 Å². The first-order chi connectivity index (χ1) is 35.0. The smallest absolute Gasteiger partial charge is 0.305 e. The van der Waals surface area contributed by atoms with E-state index in [0.29, 0.717) is 25.9 Å². The molecule has 1 amide bonds. The molecule has 420 valence electrons. The minimum absolute atomic E-state index is 0.00559. The topological polar surface area (TPSA) is 95.9 Å². The number of unbranched alkanes of at least 4 members (excludes halogenated alkanes) is 45. The first-order valence-corrected chi connectivity index (χ1v) is 32.1. The van der Waals surface area contributed by atoms with E-state index >= 15 is 0 Å². The summed E-state index contributed by atoms with van der Waals surface area (Å²) in [7, 11) is 0. The van der Waals surface area contributed by atoms with Crippen LogP contribution in [0.3, 0.4) is 0 Å². The van der Waals surface area contributed by atoms with E-state index in [1.165, 1.54) is 276 Å². The van der Waals surface area contributed by atoms with E-state index in [9.17, 15) is 19.8 Å². The van der Waals surface area contributed by atoms with E-state index in [2.05, 4.69) is 43.5 Å². The lowest BCUT2D eigenvalue weighted by atomic mass is 10.0. The van der Waals surface area contributed by atoms with Crippen LogP contribution in [0.5, 0.6) is 0 Å². The maximum absolute atomic E-state index is 12.5. The molecule has 0 aromatic carbocycles. The summed E-state index contributed by atoms with van der Waals surface area (Å²) in [6.45, 7) is 4.93. The summed E-state index contributed by atoms with van der Waals surface area (Å²) < 4.78 is 5.46. The molecule has 0 fully saturated rings. The number of allylic oxidation sites excluding steroid dienone is 4. The molecule has 0 heterocycles. The van der Waals surface area contributed by atoms with Gasteiger partial charge in [-0.2, -0.15) is 0 Å². The number of hydrogen-bond acceptors (Lipinski definition) is 5. The van der Waals surface area contributed by atoms with Crippen LogP contribution < -0.4 is 5.32 Å². The minimum atomic E-state index is -0.663. The van der Waals surface area contributed by atoms with Crippen molar-refractivity contribution in [2.45, 2.75) is 366 Å². The molecular formula is C65H125NO5. The molecule has 0 spiro atoms. The van der Waals surface area contributed by atoms with Gasteiger partial charge in [0.2, 0.25) is 5.91 Å². The Balaban J connectivity index is 3.37.